The maximum absolute atomic E-state index is 11.1. The summed E-state index contributed by atoms with van der Waals surface area (Å²) in [4.78, 5) is 11.1. The van der Waals surface area contributed by atoms with E-state index in [-0.39, 0.29) is 5.92 Å². The van der Waals surface area contributed by atoms with Gasteiger partial charge in [0.1, 0.15) is 0 Å². The van der Waals surface area contributed by atoms with Gasteiger partial charge in [0.2, 0.25) is 0 Å². The molecular formula is C13H24O2. The van der Waals surface area contributed by atoms with E-state index in [1.807, 2.05) is 13.8 Å². The minimum Gasteiger partial charge on any atom is -0.481 e. The normalized spacial score (nSPS) is 21.3. The van der Waals surface area contributed by atoms with Crippen LogP contribution in [0, 0.1) is 17.3 Å². The molecule has 0 aromatic heterocycles. The zero-order valence-electron chi connectivity index (χ0n) is 10.3. The smallest absolute Gasteiger partial charge is 0.309 e. The van der Waals surface area contributed by atoms with Gasteiger partial charge in [-0.2, -0.15) is 0 Å². The lowest BCUT2D eigenvalue weighted by atomic mass is 9.73. The summed E-state index contributed by atoms with van der Waals surface area (Å²) in [6.07, 6.45) is 7.74. The molecule has 1 N–H and O–H groups in total. The first-order valence-corrected chi connectivity index (χ1v) is 6.18. The number of carbonyl (C=O) groups is 1. The van der Waals surface area contributed by atoms with Gasteiger partial charge in [-0.1, -0.05) is 39.0 Å². The number of carboxylic acid groups (broad SMARTS) is 1. The van der Waals surface area contributed by atoms with Crippen molar-refractivity contribution in [1.82, 2.24) is 0 Å². The Morgan fingerprint density at radius 2 is 1.87 bits per heavy atom. The van der Waals surface area contributed by atoms with E-state index in [1.54, 1.807) is 0 Å². The summed E-state index contributed by atoms with van der Waals surface area (Å²) in [5, 5.41) is 9.14. The van der Waals surface area contributed by atoms with Crippen molar-refractivity contribution >= 4 is 5.97 Å². The van der Waals surface area contributed by atoms with Crippen LogP contribution in [0.2, 0.25) is 0 Å². The van der Waals surface area contributed by atoms with E-state index in [2.05, 4.69) is 6.92 Å². The number of aliphatic carboxylic acids is 1. The quantitative estimate of drug-likeness (QED) is 0.771. The zero-order chi connectivity index (χ0) is 11.5. The topological polar surface area (TPSA) is 37.3 Å². The Morgan fingerprint density at radius 3 is 2.33 bits per heavy atom. The number of hydrogen-bond acceptors (Lipinski definition) is 1. The highest BCUT2D eigenvalue weighted by atomic mass is 16.4. The molecule has 0 aromatic carbocycles. The third-order valence-corrected chi connectivity index (χ3v) is 4.19. The molecule has 88 valence electrons. The average molecular weight is 212 g/mol. The van der Waals surface area contributed by atoms with Gasteiger partial charge in [0.05, 0.1) is 5.41 Å². The summed E-state index contributed by atoms with van der Waals surface area (Å²) < 4.78 is 0. The fraction of sp³-hybridized carbons (Fsp3) is 0.923. The Balaban J connectivity index is 2.46. The van der Waals surface area contributed by atoms with Crippen LogP contribution in [0.4, 0.5) is 0 Å². The molecule has 0 aliphatic heterocycles. The summed E-state index contributed by atoms with van der Waals surface area (Å²) in [6.45, 7) is 5.79. The lowest BCUT2D eigenvalue weighted by molar-refractivity contribution is -0.150. The Morgan fingerprint density at radius 1 is 1.33 bits per heavy atom. The molecule has 0 heterocycles. The highest BCUT2D eigenvalue weighted by molar-refractivity contribution is 5.73. The molecule has 2 heteroatoms. The van der Waals surface area contributed by atoms with E-state index in [4.69, 9.17) is 5.11 Å². The summed E-state index contributed by atoms with van der Waals surface area (Å²) in [7, 11) is 0. The molecule has 1 aliphatic rings. The van der Waals surface area contributed by atoms with Gasteiger partial charge in [0.25, 0.3) is 0 Å². The van der Waals surface area contributed by atoms with Gasteiger partial charge >= 0.3 is 5.97 Å². The van der Waals surface area contributed by atoms with E-state index in [9.17, 15) is 4.79 Å². The van der Waals surface area contributed by atoms with Gasteiger partial charge in [-0.05, 0) is 32.1 Å². The van der Waals surface area contributed by atoms with E-state index in [1.165, 1.54) is 32.1 Å². The maximum Gasteiger partial charge on any atom is 0.309 e. The summed E-state index contributed by atoms with van der Waals surface area (Å²) in [5.74, 6) is 0.385. The van der Waals surface area contributed by atoms with E-state index in [0.717, 1.165) is 12.3 Å². The summed E-state index contributed by atoms with van der Waals surface area (Å²) in [5.41, 5.74) is -0.572. The van der Waals surface area contributed by atoms with E-state index < -0.39 is 11.4 Å². The highest BCUT2D eigenvalue weighted by Crippen LogP contribution is 2.36. The van der Waals surface area contributed by atoms with Crippen LogP contribution < -0.4 is 0 Å². The van der Waals surface area contributed by atoms with Crippen molar-refractivity contribution in [3.05, 3.63) is 0 Å². The first-order valence-electron chi connectivity index (χ1n) is 6.18. The van der Waals surface area contributed by atoms with Crippen LogP contribution in [0.3, 0.4) is 0 Å². The molecule has 0 saturated heterocycles. The fourth-order valence-corrected chi connectivity index (χ4v) is 2.43. The second-order valence-electron chi connectivity index (χ2n) is 5.67. The minimum absolute atomic E-state index is 0.276. The van der Waals surface area contributed by atoms with Crippen molar-refractivity contribution in [2.75, 3.05) is 0 Å². The lowest BCUT2D eigenvalue weighted by Gasteiger charge is -2.32. The molecule has 0 aromatic rings. The standard InChI is InChI=1S/C13H24O2/c1-10(13(2,3)12(14)15)9-11-7-5-4-6-8-11/h10-11H,4-9H2,1-3H3,(H,14,15). The van der Waals surface area contributed by atoms with Gasteiger partial charge in [0.15, 0.2) is 0 Å². The highest BCUT2D eigenvalue weighted by Gasteiger charge is 2.35. The van der Waals surface area contributed by atoms with Gasteiger partial charge in [-0.25, -0.2) is 0 Å². The predicted octanol–water partition coefficient (Wildman–Crippen LogP) is 3.70. The Bertz CT molecular complexity index is 215. The minimum atomic E-state index is -0.661. The van der Waals surface area contributed by atoms with Gasteiger partial charge in [-0.15, -0.1) is 0 Å². The molecule has 15 heavy (non-hydrogen) atoms. The summed E-state index contributed by atoms with van der Waals surface area (Å²) in [6, 6.07) is 0. The predicted molar refractivity (Wildman–Crippen MR) is 61.8 cm³/mol. The first kappa shape index (κ1) is 12.5. The van der Waals surface area contributed by atoms with Gasteiger partial charge < -0.3 is 5.11 Å². The van der Waals surface area contributed by atoms with E-state index in [0.29, 0.717) is 0 Å². The number of carboxylic acids is 1. The van der Waals surface area contributed by atoms with Gasteiger partial charge in [0, 0.05) is 0 Å². The van der Waals surface area contributed by atoms with Crippen molar-refractivity contribution in [2.24, 2.45) is 17.3 Å². The fourth-order valence-electron chi connectivity index (χ4n) is 2.43. The monoisotopic (exact) mass is 212 g/mol. The van der Waals surface area contributed by atoms with Crippen molar-refractivity contribution in [1.29, 1.82) is 0 Å². The third kappa shape index (κ3) is 3.22. The third-order valence-electron chi connectivity index (χ3n) is 4.19. The van der Waals surface area contributed by atoms with Crippen molar-refractivity contribution < 1.29 is 9.90 Å². The SMILES string of the molecule is CC(CC1CCCCC1)C(C)(C)C(=O)O. The van der Waals surface area contributed by atoms with Crippen LogP contribution in [0.25, 0.3) is 0 Å². The molecule has 0 spiro atoms. The largest absolute Gasteiger partial charge is 0.481 e. The molecule has 1 atom stereocenters. The first-order chi connectivity index (χ1) is 6.94. The molecule has 1 rings (SSSR count). The molecule has 1 aliphatic carbocycles. The van der Waals surface area contributed by atoms with Crippen LogP contribution in [0.15, 0.2) is 0 Å². The zero-order valence-corrected chi connectivity index (χ0v) is 10.3. The molecule has 0 bridgehead atoms. The molecule has 0 amide bonds. The molecule has 0 radical (unpaired) electrons. The molecule has 1 unspecified atom stereocenters. The van der Waals surface area contributed by atoms with Gasteiger partial charge in [-0.3, -0.25) is 4.79 Å². The number of rotatable bonds is 4. The number of hydrogen-bond donors (Lipinski definition) is 1. The lowest BCUT2D eigenvalue weighted by Crippen LogP contribution is -2.32. The van der Waals surface area contributed by atoms with Crippen molar-refractivity contribution in [2.45, 2.75) is 59.3 Å². The Kier molecular flexibility index (Phi) is 4.18. The Hall–Kier alpha value is -0.530. The van der Waals surface area contributed by atoms with Crippen LogP contribution in [-0.4, -0.2) is 11.1 Å². The van der Waals surface area contributed by atoms with Crippen LogP contribution in [-0.2, 0) is 4.79 Å². The maximum atomic E-state index is 11.1. The second kappa shape index (κ2) is 5.00. The van der Waals surface area contributed by atoms with Crippen LogP contribution in [0.1, 0.15) is 59.3 Å². The van der Waals surface area contributed by atoms with E-state index >= 15 is 0 Å². The van der Waals surface area contributed by atoms with Crippen LogP contribution in [0.5, 0.6) is 0 Å². The van der Waals surface area contributed by atoms with Crippen LogP contribution >= 0.6 is 0 Å². The Labute approximate surface area is 93.1 Å². The van der Waals surface area contributed by atoms with Crippen molar-refractivity contribution in [3.63, 3.8) is 0 Å². The molecular weight excluding hydrogens is 188 g/mol. The average Bonchev–Trinajstić information content (AvgIpc) is 2.18. The summed E-state index contributed by atoms with van der Waals surface area (Å²) >= 11 is 0. The molecule has 2 nitrogen and oxygen atoms in total. The molecule has 1 fully saturated rings. The van der Waals surface area contributed by atoms with Crippen molar-refractivity contribution in [3.8, 4) is 0 Å². The second-order valence-corrected chi connectivity index (χ2v) is 5.67. The molecule has 1 saturated carbocycles.